The average Bonchev–Trinajstić information content (AvgIpc) is 2.82. The van der Waals surface area contributed by atoms with Crippen molar-refractivity contribution < 1.29 is 34.4 Å². The molecule has 188 valence electrons. The van der Waals surface area contributed by atoms with Crippen LogP contribution < -0.4 is 0 Å². The molecule has 0 aliphatic heterocycles. The van der Waals surface area contributed by atoms with Gasteiger partial charge in [0.15, 0.2) is 17.4 Å². The van der Waals surface area contributed by atoms with Crippen molar-refractivity contribution in [1.29, 1.82) is 0 Å². The highest BCUT2D eigenvalue weighted by Crippen LogP contribution is 2.38. The largest absolute Gasteiger partial charge is 0.504 e. The SMILES string of the molecule is CCCCC(CC)COC(=O)C(Cc1ccc(O)c(O)c1O)C(=O)OCC(CC)CCCC. The van der Waals surface area contributed by atoms with Crippen molar-refractivity contribution in [2.45, 2.75) is 85.5 Å². The number of rotatable bonds is 16. The van der Waals surface area contributed by atoms with E-state index in [0.29, 0.717) is 0 Å². The van der Waals surface area contributed by atoms with E-state index in [4.69, 9.17) is 9.47 Å². The van der Waals surface area contributed by atoms with E-state index in [2.05, 4.69) is 13.8 Å². The van der Waals surface area contributed by atoms with Crippen LogP contribution >= 0.6 is 0 Å². The molecular weight excluding hydrogens is 424 g/mol. The summed E-state index contributed by atoms with van der Waals surface area (Å²) >= 11 is 0. The van der Waals surface area contributed by atoms with Gasteiger partial charge in [-0.15, -0.1) is 0 Å². The van der Waals surface area contributed by atoms with Crippen LogP contribution in [0.1, 0.15) is 84.6 Å². The van der Waals surface area contributed by atoms with Crippen molar-refractivity contribution in [2.24, 2.45) is 17.8 Å². The van der Waals surface area contributed by atoms with E-state index in [1.807, 2.05) is 13.8 Å². The molecule has 7 nitrogen and oxygen atoms in total. The first-order chi connectivity index (χ1) is 15.8. The summed E-state index contributed by atoms with van der Waals surface area (Å²) in [5.41, 5.74) is 0.153. The van der Waals surface area contributed by atoms with E-state index >= 15 is 0 Å². The number of esters is 2. The fraction of sp³-hybridized carbons (Fsp3) is 0.692. The third-order valence-corrected chi connectivity index (χ3v) is 6.22. The summed E-state index contributed by atoms with van der Waals surface area (Å²) in [6.45, 7) is 8.74. The van der Waals surface area contributed by atoms with Gasteiger partial charge in [0.2, 0.25) is 5.75 Å². The Morgan fingerprint density at radius 1 is 0.788 bits per heavy atom. The third kappa shape index (κ3) is 9.52. The number of phenols is 3. The minimum Gasteiger partial charge on any atom is -0.504 e. The average molecular weight is 467 g/mol. The van der Waals surface area contributed by atoms with E-state index in [1.54, 1.807) is 0 Å². The number of aromatic hydroxyl groups is 3. The van der Waals surface area contributed by atoms with Crippen LogP contribution in [0.25, 0.3) is 0 Å². The Hall–Kier alpha value is -2.44. The topological polar surface area (TPSA) is 113 Å². The monoisotopic (exact) mass is 466 g/mol. The molecule has 7 heteroatoms. The van der Waals surface area contributed by atoms with E-state index in [9.17, 15) is 24.9 Å². The zero-order chi connectivity index (χ0) is 24.8. The maximum atomic E-state index is 12.9. The number of carbonyl (C=O) groups is 2. The Morgan fingerprint density at radius 2 is 1.27 bits per heavy atom. The van der Waals surface area contributed by atoms with E-state index in [-0.39, 0.29) is 37.0 Å². The molecule has 0 aliphatic rings. The molecule has 2 unspecified atom stereocenters. The van der Waals surface area contributed by atoms with Gasteiger partial charge in [0.1, 0.15) is 0 Å². The van der Waals surface area contributed by atoms with Gasteiger partial charge in [0.05, 0.1) is 13.2 Å². The van der Waals surface area contributed by atoms with Crippen LogP contribution in [0.4, 0.5) is 0 Å². The lowest BCUT2D eigenvalue weighted by atomic mass is 9.97. The van der Waals surface area contributed by atoms with E-state index in [1.165, 1.54) is 12.1 Å². The van der Waals surface area contributed by atoms with E-state index < -0.39 is 35.1 Å². The molecule has 0 amide bonds. The van der Waals surface area contributed by atoms with Crippen molar-refractivity contribution in [3.63, 3.8) is 0 Å². The van der Waals surface area contributed by atoms with Crippen LogP contribution in [-0.4, -0.2) is 40.5 Å². The van der Waals surface area contributed by atoms with Crippen LogP contribution in [0.3, 0.4) is 0 Å². The summed E-state index contributed by atoms with van der Waals surface area (Å²) in [5, 5.41) is 29.6. The summed E-state index contributed by atoms with van der Waals surface area (Å²) in [6.07, 6.45) is 7.61. The molecule has 0 spiro atoms. The van der Waals surface area contributed by atoms with Gasteiger partial charge in [-0.05, 0) is 36.3 Å². The molecule has 0 radical (unpaired) electrons. The third-order valence-electron chi connectivity index (χ3n) is 6.22. The minimum atomic E-state index is -1.27. The summed E-state index contributed by atoms with van der Waals surface area (Å²) < 4.78 is 11.0. The van der Waals surface area contributed by atoms with Crippen LogP contribution in [0.15, 0.2) is 12.1 Å². The Morgan fingerprint density at radius 3 is 1.70 bits per heavy atom. The summed E-state index contributed by atoms with van der Waals surface area (Å²) in [4.78, 5) is 25.8. The molecule has 1 aromatic carbocycles. The lowest BCUT2D eigenvalue weighted by Gasteiger charge is -2.21. The van der Waals surface area contributed by atoms with E-state index in [0.717, 1.165) is 51.4 Å². The Labute approximate surface area is 198 Å². The van der Waals surface area contributed by atoms with Crippen LogP contribution in [0.5, 0.6) is 17.2 Å². The molecule has 0 aromatic heterocycles. The lowest BCUT2D eigenvalue weighted by Crippen LogP contribution is -2.32. The first kappa shape index (κ1) is 28.6. The standard InChI is InChI=1S/C26H42O7/c1-5-9-11-18(7-3)16-32-25(30)21(15-20-13-14-22(27)24(29)23(20)28)26(31)33-17-19(8-4)12-10-6-2/h13-14,18-19,21,27-29H,5-12,15-17H2,1-4H3. The number of benzene rings is 1. The van der Waals surface area contributed by atoms with Gasteiger partial charge in [0, 0.05) is 6.42 Å². The highest BCUT2D eigenvalue weighted by Gasteiger charge is 2.32. The maximum absolute atomic E-state index is 12.9. The zero-order valence-corrected chi connectivity index (χ0v) is 20.6. The van der Waals surface area contributed by atoms with Gasteiger partial charge < -0.3 is 24.8 Å². The number of carbonyl (C=O) groups excluding carboxylic acids is 2. The molecule has 33 heavy (non-hydrogen) atoms. The number of phenolic OH excluding ortho intramolecular Hbond substituents is 3. The van der Waals surface area contributed by atoms with Gasteiger partial charge >= 0.3 is 11.9 Å². The van der Waals surface area contributed by atoms with Crippen molar-refractivity contribution in [3.05, 3.63) is 17.7 Å². The smallest absolute Gasteiger partial charge is 0.320 e. The quantitative estimate of drug-likeness (QED) is 0.168. The molecule has 0 saturated carbocycles. The summed E-state index contributed by atoms with van der Waals surface area (Å²) in [7, 11) is 0. The summed E-state index contributed by atoms with van der Waals surface area (Å²) in [5.74, 6) is -3.99. The first-order valence-electron chi connectivity index (χ1n) is 12.3. The summed E-state index contributed by atoms with van der Waals surface area (Å²) in [6, 6.07) is 2.57. The number of unbranched alkanes of at least 4 members (excludes halogenated alkanes) is 2. The Balaban J connectivity index is 2.96. The Kier molecular flexibility index (Phi) is 13.3. The number of ether oxygens (including phenoxy) is 2. The number of hydrogen-bond acceptors (Lipinski definition) is 7. The molecule has 2 atom stereocenters. The van der Waals surface area contributed by atoms with Crippen molar-refractivity contribution in [1.82, 2.24) is 0 Å². The predicted octanol–water partition coefficient (Wildman–Crippen LogP) is 5.48. The molecule has 3 N–H and O–H groups in total. The second-order valence-electron chi connectivity index (χ2n) is 8.79. The molecule has 1 aromatic rings. The van der Waals surface area contributed by atoms with Crippen molar-refractivity contribution in [3.8, 4) is 17.2 Å². The zero-order valence-electron chi connectivity index (χ0n) is 20.6. The van der Waals surface area contributed by atoms with Crippen molar-refractivity contribution in [2.75, 3.05) is 13.2 Å². The van der Waals surface area contributed by atoms with Crippen molar-refractivity contribution >= 4 is 11.9 Å². The fourth-order valence-electron chi connectivity index (χ4n) is 3.66. The molecule has 0 saturated heterocycles. The van der Waals surface area contributed by atoms with Gasteiger partial charge in [-0.1, -0.05) is 72.3 Å². The molecular formula is C26H42O7. The van der Waals surface area contributed by atoms with Gasteiger partial charge in [-0.2, -0.15) is 0 Å². The first-order valence-corrected chi connectivity index (χ1v) is 12.3. The van der Waals surface area contributed by atoms with Crippen LogP contribution in [0, 0.1) is 17.8 Å². The second kappa shape index (κ2) is 15.4. The van der Waals surface area contributed by atoms with Crippen LogP contribution in [-0.2, 0) is 25.5 Å². The fourth-order valence-corrected chi connectivity index (χ4v) is 3.66. The predicted molar refractivity (Wildman–Crippen MR) is 127 cm³/mol. The highest BCUT2D eigenvalue weighted by atomic mass is 16.6. The molecule has 0 fully saturated rings. The normalized spacial score (nSPS) is 13.8. The Bertz CT molecular complexity index is 700. The van der Waals surface area contributed by atoms with Crippen LogP contribution in [0.2, 0.25) is 0 Å². The molecule has 0 heterocycles. The van der Waals surface area contributed by atoms with Gasteiger partial charge in [0.25, 0.3) is 0 Å². The maximum Gasteiger partial charge on any atom is 0.320 e. The highest BCUT2D eigenvalue weighted by molar-refractivity contribution is 5.95. The minimum absolute atomic E-state index is 0.153. The second-order valence-corrected chi connectivity index (χ2v) is 8.79. The molecule has 0 aliphatic carbocycles. The molecule has 1 rings (SSSR count). The van der Waals surface area contributed by atoms with Gasteiger partial charge in [-0.3, -0.25) is 9.59 Å². The number of hydrogen-bond donors (Lipinski definition) is 3. The molecule has 0 bridgehead atoms. The lowest BCUT2D eigenvalue weighted by molar-refractivity contribution is -0.163. The van der Waals surface area contributed by atoms with Gasteiger partial charge in [-0.25, -0.2) is 0 Å².